The number of carbonyl (C=O) groups is 2. The van der Waals surface area contributed by atoms with E-state index < -0.39 is 12.1 Å². The molecule has 0 spiro atoms. The molecule has 1 saturated heterocycles. The minimum atomic E-state index is -0.531. The van der Waals surface area contributed by atoms with E-state index in [1.165, 1.54) is 0 Å². The van der Waals surface area contributed by atoms with E-state index >= 15 is 0 Å². The lowest BCUT2D eigenvalue weighted by Crippen LogP contribution is -2.49. The smallest absolute Gasteiger partial charge is 0.247 e. The second kappa shape index (κ2) is 8.15. The van der Waals surface area contributed by atoms with Crippen molar-refractivity contribution >= 4 is 17.5 Å². The molecule has 2 amide bonds. The van der Waals surface area contributed by atoms with Crippen molar-refractivity contribution in [3.05, 3.63) is 23.8 Å². The van der Waals surface area contributed by atoms with Crippen LogP contribution in [0.5, 0.6) is 5.75 Å². The van der Waals surface area contributed by atoms with Crippen molar-refractivity contribution < 1.29 is 14.3 Å². The van der Waals surface area contributed by atoms with E-state index in [0.717, 1.165) is 18.4 Å². The van der Waals surface area contributed by atoms with Gasteiger partial charge in [-0.15, -0.1) is 0 Å². The highest BCUT2D eigenvalue weighted by molar-refractivity contribution is 5.99. The molecule has 2 unspecified atom stereocenters. The maximum Gasteiger partial charge on any atom is 0.247 e. The van der Waals surface area contributed by atoms with Gasteiger partial charge in [0.15, 0.2) is 0 Å². The zero-order chi connectivity index (χ0) is 17.7. The molecule has 0 saturated carbocycles. The highest BCUT2D eigenvalue weighted by atomic mass is 16.5. The number of nitrogens with one attached hydrogen (secondary N) is 1. The summed E-state index contributed by atoms with van der Waals surface area (Å²) in [6.07, 6.45) is 2.95. The number of methoxy groups -OCH3 is 1. The van der Waals surface area contributed by atoms with Crippen LogP contribution in [-0.4, -0.2) is 42.5 Å². The van der Waals surface area contributed by atoms with Crippen molar-refractivity contribution in [2.75, 3.05) is 19.0 Å². The lowest BCUT2D eigenvalue weighted by atomic mass is 10.1. The molecular weight excluding hydrogens is 306 g/mol. The summed E-state index contributed by atoms with van der Waals surface area (Å²) in [5, 5.41) is 2.90. The first kappa shape index (κ1) is 18.3. The van der Waals surface area contributed by atoms with Crippen LogP contribution in [0.1, 0.15) is 38.2 Å². The number of hydrogen-bond donors (Lipinski definition) is 2. The normalized spacial score (nSPS) is 18.3. The molecule has 132 valence electrons. The molecule has 1 fully saturated rings. The van der Waals surface area contributed by atoms with Crippen LogP contribution in [0.2, 0.25) is 0 Å². The Morgan fingerprint density at radius 2 is 2.21 bits per heavy atom. The maximum atomic E-state index is 12.7. The highest BCUT2D eigenvalue weighted by Gasteiger charge is 2.36. The molecule has 6 nitrogen and oxygen atoms in total. The lowest BCUT2D eigenvalue weighted by molar-refractivity contribution is -0.137. The largest absolute Gasteiger partial charge is 0.495 e. The zero-order valence-electron chi connectivity index (χ0n) is 14.7. The van der Waals surface area contributed by atoms with Gasteiger partial charge in [0.25, 0.3) is 0 Å². The number of anilines is 1. The van der Waals surface area contributed by atoms with Gasteiger partial charge in [-0.25, -0.2) is 0 Å². The van der Waals surface area contributed by atoms with Gasteiger partial charge in [-0.1, -0.05) is 19.4 Å². The van der Waals surface area contributed by atoms with Crippen molar-refractivity contribution in [2.45, 2.75) is 51.6 Å². The third kappa shape index (κ3) is 4.06. The predicted octanol–water partition coefficient (Wildman–Crippen LogP) is 2.06. The molecule has 3 N–H and O–H groups in total. The Bertz CT molecular complexity index is 603. The molecule has 2 atom stereocenters. The third-order valence-electron chi connectivity index (χ3n) is 4.37. The minimum absolute atomic E-state index is 0.134. The molecule has 1 aliphatic rings. The van der Waals surface area contributed by atoms with Crippen molar-refractivity contribution in [3.63, 3.8) is 0 Å². The minimum Gasteiger partial charge on any atom is -0.495 e. The standard InChI is InChI=1S/C18H27N3O3/c1-4-6-13(19)18(23)21-10-5-7-15(21)17(22)20-14-11-12(2)8-9-16(14)24-3/h8-9,11,13,15H,4-7,10,19H2,1-3H3,(H,20,22). The number of hydrogen-bond acceptors (Lipinski definition) is 4. The van der Waals surface area contributed by atoms with Gasteiger partial charge in [0.05, 0.1) is 18.8 Å². The number of nitrogens with zero attached hydrogens (tertiary/aromatic N) is 1. The van der Waals surface area contributed by atoms with Crippen molar-refractivity contribution in [1.29, 1.82) is 0 Å². The average Bonchev–Trinajstić information content (AvgIpc) is 3.04. The van der Waals surface area contributed by atoms with E-state index in [0.29, 0.717) is 30.8 Å². The molecule has 0 aliphatic carbocycles. The van der Waals surface area contributed by atoms with Gasteiger partial charge in [0, 0.05) is 6.54 Å². The average molecular weight is 333 g/mol. The van der Waals surface area contributed by atoms with Crippen LogP contribution in [-0.2, 0) is 9.59 Å². The Balaban J connectivity index is 2.11. The Morgan fingerprint density at radius 3 is 2.88 bits per heavy atom. The lowest BCUT2D eigenvalue weighted by Gasteiger charge is -2.26. The molecular formula is C18H27N3O3. The Labute approximate surface area is 143 Å². The van der Waals surface area contributed by atoms with E-state index in [1.54, 1.807) is 12.0 Å². The first-order valence-electron chi connectivity index (χ1n) is 8.49. The number of benzene rings is 1. The first-order valence-corrected chi connectivity index (χ1v) is 8.49. The molecule has 0 aromatic heterocycles. The fraction of sp³-hybridized carbons (Fsp3) is 0.556. The fourth-order valence-electron chi connectivity index (χ4n) is 3.09. The number of amides is 2. The summed E-state index contributed by atoms with van der Waals surface area (Å²) in [5.74, 6) is 0.284. The molecule has 1 aromatic rings. The summed E-state index contributed by atoms with van der Waals surface area (Å²) in [4.78, 5) is 26.8. The monoisotopic (exact) mass is 333 g/mol. The summed E-state index contributed by atoms with van der Waals surface area (Å²) < 4.78 is 5.29. The van der Waals surface area contributed by atoms with Crippen LogP contribution >= 0.6 is 0 Å². The van der Waals surface area contributed by atoms with E-state index in [4.69, 9.17) is 10.5 Å². The summed E-state index contributed by atoms with van der Waals surface area (Å²) in [6.45, 7) is 4.52. The molecule has 1 heterocycles. The van der Waals surface area contributed by atoms with Gasteiger partial charge < -0.3 is 20.7 Å². The summed E-state index contributed by atoms with van der Waals surface area (Å²) in [5.41, 5.74) is 7.59. The van der Waals surface area contributed by atoms with Gasteiger partial charge in [-0.05, 0) is 43.9 Å². The van der Waals surface area contributed by atoms with E-state index in [1.807, 2.05) is 32.0 Å². The number of aryl methyl sites for hydroxylation is 1. The van der Waals surface area contributed by atoms with Crippen LogP contribution in [0.15, 0.2) is 18.2 Å². The molecule has 1 aliphatic heterocycles. The van der Waals surface area contributed by atoms with Crippen LogP contribution < -0.4 is 15.8 Å². The molecule has 24 heavy (non-hydrogen) atoms. The number of ether oxygens (including phenoxy) is 1. The van der Waals surface area contributed by atoms with E-state index in [-0.39, 0.29) is 11.8 Å². The van der Waals surface area contributed by atoms with Gasteiger partial charge in [-0.3, -0.25) is 9.59 Å². The second-order valence-corrected chi connectivity index (χ2v) is 6.28. The summed E-state index contributed by atoms with van der Waals surface area (Å²) >= 11 is 0. The highest BCUT2D eigenvalue weighted by Crippen LogP contribution is 2.27. The number of likely N-dealkylation sites (tertiary alicyclic amines) is 1. The molecule has 2 rings (SSSR count). The van der Waals surface area contributed by atoms with Crippen molar-refractivity contribution in [2.24, 2.45) is 5.73 Å². The number of nitrogens with two attached hydrogens (primary N) is 1. The Hall–Kier alpha value is -2.08. The first-order chi connectivity index (χ1) is 11.5. The maximum absolute atomic E-state index is 12.7. The van der Waals surface area contributed by atoms with Gasteiger partial charge in [0.1, 0.15) is 11.8 Å². The molecule has 0 radical (unpaired) electrons. The molecule has 0 bridgehead atoms. The molecule has 6 heteroatoms. The summed E-state index contributed by atoms with van der Waals surface area (Å²) in [6, 6.07) is 4.60. The SMILES string of the molecule is CCCC(N)C(=O)N1CCCC1C(=O)Nc1cc(C)ccc1OC. The van der Waals surface area contributed by atoms with Crippen LogP contribution in [0.4, 0.5) is 5.69 Å². The predicted molar refractivity (Wildman–Crippen MR) is 94.0 cm³/mol. The zero-order valence-corrected chi connectivity index (χ0v) is 14.7. The van der Waals surface area contributed by atoms with Crippen LogP contribution in [0, 0.1) is 6.92 Å². The summed E-state index contributed by atoms with van der Waals surface area (Å²) in [7, 11) is 1.56. The van der Waals surface area contributed by atoms with Crippen molar-refractivity contribution in [3.8, 4) is 5.75 Å². The molecule has 1 aromatic carbocycles. The van der Waals surface area contributed by atoms with Gasteiger partial charge in [0.2, 0.25) is 11.8 Å². The topological polar surface area (TPSA) is 84.7 Å². The van der Waals surface area contributed by atoms with Crippen molar-refractivity contribution in [1.82, 2.24) is 4.90 Å². The Morgan fingerprint density at radius 1 is 1.46 bits per heavy atom. The fourth-order valence-corrected chi connectivity index (χ4v) is 3.09. The quantitative estimate of drug-likeness (QED) is 0.834. The van der Waals surface area contributed by atoms with Gasteiger partial charge in [-0.2, -0.15) is 0 Å². The Kier molecular flexibility index (Phi) is 6.20. The number of rotatable bonds is 6. The second-order valence-electron chi connectivity index (χ2n) is 6.28. The number of carbonyl (C=O) groups excluding carboxylic acids is 2. The van der Waals surface area contributed by atoms with Gasteiger partial charge >= 0.3 is 0 Å². The van der Waals surface area contributed by atoms with E-state index in [2.05, 4.69) is 5.32 Å². The van der Waals surface area contributed by atoms with Crippen LogP contribution in [0.3, 0.4) is 0 Å². The third-order valence-corrected chi connectivity index (χ3v) is 4.37. The van der Waals surface area contributed by atoms with Crippen LogP contribution in [0.25, 0.3) is 0 Å². The van der Waals surface area contributed by atoms with E-state index in [9.17, 15) is 9.59 Å².